The number of rotatable bonds is 5. The molecule has 98 valence electrons. The van der Waals surface area contributed by atoms with Crippen molar-refractivity contribution in [2.24, 2.45) is 5.73 Å². The Morgan fingerprint density at radius 1 is 1.61 bits per heavy atom. The highest BCUT2D eigenvalue weighted by Gasteiger charge is 2.15. The molecule has 1 heterocycles. The standard InChI is InChI=1S/C11H16N4O2S/c1-7(4-9(12)18)15(2)10-6-13-5-8(14-10)11(16)17-3/h5-7H,4H2,1-3H3,(H2,12,18). The van der Waals surface area contributed by atoms with Gasteiger partial charge in [0, 0.05) is 19.5 Å². The maximum atomic E-state index is 11.4. The highest BCUT2D eigenvalue weighted by Crippen LogP contribution is 2.13. The fourth-order valence-electron chi connectivity index (χ4n) is 1.38. The molecule has 2 N–H and O–H groups in total. The molecule has 1 aromatic heterocycles. The van der Waals surface area contributed by atoms with E-state index in [1.54, 1.807) is 6.20 Å². The molecule has 0 aliphatic carbocycles. The van der Waals surface area contributed by atoms with Crippen molar-refractivity contribution in [3.63, 3.8) is 0 Å². The first-order valence-electron chi connectivity index (χ1n) is 5.37. The van der Waals surface area contributed by atoms with Crippen molar-refractivity contribution in [1.82, 2.24) is 9.97 Å². The van der Waals surface area contributed by atoms with Crippen LogP contribution in [0.5, 0.6) is 0 Å². The van der Waals surface area contributed by atoms with Crippen LogP contribution in [0.4, 0.5) is 5.82 Å². The number of methoxy groups -OCH3 is 1. The molecule has 0 aliphatic rings. The third kappa shape index (κ3) is 3.63. The van der Waals surface area contributed by atoms with E-state index in [0.717, 1.165) is 0 Å². The van der Waals surface area contributed by atoms with Crippen molar-refractivity contribution in [1.29, 1.82) is 0 Å². The summed E-state index contributed by atoms with van der Waals surface area (Å²) in [6.45, 7) is 1.96. The topological polar surface area (TPSA) is 81.3 Å². The summed E-state index contributed by atoms with van der Waals surface area (Å²) in [7, 11) is 3.14. The first-order chi connectivity index (χ1) is 8.45. The minimum Gasteiger partial charge on any atom is -0.464 e. The zero-order valence-electron chi connectivity index (χ0n) is 10.6. The Hall–Kier alpha value is -1.76. The number of thiocarbonyl (C=S) groups is 1. The number of hydrogen-bond acceptors (Lipinski definition) is 6. The summed E-state index contributed by atoms with van der Waals surface area (Å²) in [5.74, 6) is 0.0569. The number of nitrogens with zero attached hydrogens (tertiary/aromatic N) is 3. The zero-order chi connectivity index (χ0) is 13.7. The molecule has 7 heteroatoms. The zero-order valence-corrected chi connectivity index (χ0v) is 11.4. The average molecular weight is 268 g/mol. The van der Waals surface area contributed by atoms with Crippen LogP contribution >= 0.6 is 12.2 Å². The molecule has 1 unspecified atom stereocenters. The normalized spacial score (nSPS) is 11.7. The van der Waals surface area contributed by atoms with Crippen molar-refractivity contribution >= 4 is 29.0 Å². The number of aromatic nitrogens is 2. The van der Waals surface area contributed by atoms with Gasteiger partial charge >= 0.3 is 5.97 Å². The van der Waals surface area contributed by atoms with Crippen molar-refractivity contribution in [3.05, 3.63) is 18.1 Å². The summed E-state index contributed by atoms with van der Waals surface area (Å²) in [4.78, 5) is 21.8. The fraction of sp³-hybridized carbons (Fsp3) is 0.455. The maximum Gasteiger partial charge on any atom is 0.358 e. The van der Waals surface area contributed by atoms with Gasteiger partial charge in [-0.3, -0.25) is 4.98 Å². The quantitative estimate of drug-likeness (QED) is 0.623. The molecule has 18 heavy (non-hydrogen) atoms. The van der Waals surface area contributed by atoms with Crippen LogP contribution in [0.15, 0.2) is 12.4 Å². The second-order valence-electron chi connectivity index (χ2n) is 3.88. The number of ether oxygens (including phenoxy) is 1. The SMILES string of the molecule is COC(=O)c1cncc(N(C)C(C)CC(N)=S)n1. The maximum absolute atomic E-state index is 11.4. The van der Waals surface area contributed by atoms with Crippen molar-refractivity contribution < 1.29 is 9.53 Å². The van der Waals surface area contributed by atoms with Crippen LogP contribution in [-0.2, 0) is 4.74 Å². The van der Waals surface area contributed by atoms with Gasteiger partial charge in [-0.25, -0.2) is 9.78 Å². The summed E-state index contributed by atoms with van der Waals surface area (Å²) < 4.78 is 4.60. The lowest BCUT2D eigenvalue weighted by atomic mass is 10.2. The lowest BCUT2D eigenvalue weighted by Gasteiger charge is -2.25. The molecule has 0 saturated carbocycles. The summed E-state index contributed by atoms with van der Waals surface area (Å²) in [6, 6.07) is 0.0738. The molecule has 1 rings (SSSR count). The molecule has 0 bridgehead atoms. The molecule has 0 amide bonds. The minimum atomic E-state index is -0.514. The van der Waals surface area contributed by atoms with Crippen LogP contribution in [0, 0.1) is 0 Å². The van der Waals surface area contributed by atoms with Crippen LogP contribution in [0.3, 0.4) is 0 Å². The second-order valence-corrected chi connectivity index (χ2v) is 4.41. The Labute approximate surface area is 111 Å². The van der Waals surface area contributed by atoms with Crippen LogP contribution in [0.2, 0.25) is 0 Å². The average Bonchev–Trinajstić information content (AvgIpc) is 2.36. The van der Waals surface area contributed by atoms with E-state index < -0.39 is 5.97 Å². The van der Waals surface area contributed by atoms with E-state index in [9.17, 15) is 4.79 Å². The van der Waals surface area contributed by atoms with E-state index in [2.05, 4.69) is 14.7 Å². The van der Waals surface area contributed by atoms with Crippen LogP contribution in [-0.4, -0.2) is 41.1 Å². The van der Waals surface area contributed by atoms with Crippen molar-refractivity contribution in [2.75, 3.05) is 19.1 Å². The summed E-state index contributed by atoms with van der Waals surface area (Å²) >= 11 is 4.87. The molecule has 1 atom stereocenters. The summed E-state index contributed by atoms with van der Waals surface area (Å²) in [5.41, 5.74) is 5.67. The van der Waals surface area contributed by atoms with E-state index >= 15 is 0 Å². The lowest BCUT2D eigenvalue weighted by Crippen LogP contribution is -2.33. The Morgan fingerprint density at radius 2 is 2.28 bits per heavy atom. The predicted molar refractivity (Wildman–Crippen MR) is 72.6 cm³/mol. The Kier molecular flexibility index (Phi) is 4.96. The number of carbonyl (C=O) groups is 1. The molecule has 0 saturated heterocycles. The molecule has 0 aliphatic heterocycles. The third-order valence-electron chi connectivity index (χ3n) is 2.54. The summed E-state index contributed by atoms with van der Waals surface area (Å²) in [6.07, 6.45) is 3.50. The van der Waals surface area contributed by atoms with Gasteiger partial charge in [0.1, 0.15) is 5.82 Å². The summed E-state index contributed by atoms with van der Waals surface area (Å²) in [5, 5.41) is 0. The molecule has 1 aromatic rings. The minimum absolute atomic E-state index is 0.0738. The number of nitrogens with two attached hydrogens (primary N) is 1. The number of hydrogen-bond donors (Lipinski definition) is 1. The smallest absolute Gasteiger partial charge is 0.358 e. The van der Waals surface area contributed by atoms with Gasteiger partial charge in [-0.2, -0.15) is 0 Å². The number of anilines is 1. The van der Waals surface area contributed by atoms with Gasteiger partial charge in [0.15, 0.2) is 5.69 Å². The van der Waals surface area contributed by atoms with Gasteiger partial charge in [0.2, 0.25) is 0 Å². The Balaban J connectivity index is 2.89. The van der Waals surface area contributed by atoms with Gasteiger partial charge in [-0.15, -0.1) is 0 Å². The van der Waals surface area contributed by atoms with E-state index in [1.807, 2.05) is 18.9 Å². The monoisotopic (exact) mass is 268 g/mol. The Morgan fingerprint density at radius 3 is 2.83 bits per heavy atom. The van der Waals surface area contributed by atoms with Crippen molar-refractivity contribution in [3.8, 4) is 0 Å². The molecule has 0 spiro atoms. The number of carbonyl (C=O) groups excluding carboxylic acids is 1. The van der Waals surface area contributed by atoms with Crippen molar-refractivity contribution in [2.45, 2.75) is 19.4 Å². The first kappa shape index (κ1) is 14.3. The van der Waals surface area contributed by atoms with Gasteiger partial charge in [0.25, 0.3) is 0 Å². The number of esters is 1. The molecule has 0 radical (unpaired) electrons. The van der Waals surface area contributed by atoms with Gasteiger partial charge in [-0.05, 0) is 6.92 Å². The molecule has 0 aromatic carbocycles. The lowest BCUT2D eigenvalue weighted by molar-refractivity contribution is 0.0593. The van der Waals surface area contributed by atoms with Crippen LogP contribution < -0.4 is 10.6 Å². The van der Waals surface area contributed by atoms with Gasteiger partial charge < -0.3 is 15.4 Å². The van der Waals surface area contributed by atoms with E-state index in [4.69, 9.17) is 18.0 Å². The molecular formula is C11H16N4O2S. The highest BCUT2D eigenvalue weighted by molar-refractivity contribution is 7.80. The predicted octanol–water partition coefficient (Wildman–Crippen LogP) is 0.764. The van der Waals surface area contributed by atoms with E-state index in [0.29, 0.717) is 17.2 Å². The Bertz CT molecular complexity index is 452. The molecular weight excluding hydrogens is 252 g/mol. The van der Waals surface area contributed by atoms with Gasteiger partial charge in [0.05, 0.1) is 24.5 Å². The van der Waals surface area contributed by atoms with Crippen LogP contribution in [0.1, 0.15) is 23.8 Å². The van der Waals surface area contributed by atoms with E-state index in [1.165, 1.54) is 13.3 Å². The molecule has 6 nitrogen and oxygen atoms in total. The van der Waals surface area contributed by atoms with Gasteiger partial charge in [-0.1, -0.05) is 12.2 Å². The molecule has 0 fully saturated rings. The first-order valence-corrected chi connectivity index (χ1v) is 5.78. The third-order valence-corrected chi connectivity index (χ3v) is 2.70. The second kappa shape index (κ2) is 6.25. The van der Waals surface area contributed by atoms with E-state index in [-0.39, 0.29) is 11.7 Å². The fourth-order valence-corrected chi connectivity index (χ4v) is 1.62. The van der Waals surface area contributed by atoms with Crippen LogP contribution in [0.25, 0.3) is 0 Å². The highest BCUT2D eigenvalue weighted by atomic mass is 32.1. The largest absolute Gasteiger partial charge is 0.464 e.